The van der Waals surface area contributed by atoms with Crippen LogP contribution in [0.15, 0.2) is 109 Å². The Kier molecular flexibility index (Phi) is 10.2. The van der Waals surface area contributed by atoms with Crippen LogP contribution in [0.3, 0.4) is 0 Å². The highest BCUT2D eigenvalue weighted by Gasteiger charge is 2.48. The molecule has 2 aliphatic heterocycles. The second kappa shape index (κ2) is 14.7. The number of hydrogen-bond acceptors (Lipinski definition) is 2. The molecule has 6 aromatic carbocycles. The van der Waals surface area contributed by atoms with Crippen LogP contribution < -0.4 is 26.2 Å². The van der Waals surface area contributed by atoms with Crippen LogP contribution >= 0.6 is 0 Å². The summed E-state index contributed by atoms with van der Waals surface area (Å²) in [5, 5.41) is 0. The summed E-state index contributed by atoms with van der Waals surface area (Å²) >= 11 is 0. The molecule has 9 rings (SSSR count). The standard InChI is InChI=1S/C62H75BN2/c1-38(2)40-30-54-56-55(31-40)65(51-29-27-43(59(9,10)11)33-46(51)39-22-24-41(25-23-39)57(3,4)5)53-36-48-47(61(15,16)37-62(48,17)18)35-50(53)63(56)49-28-26-44(60(12,13)14)34-52(49)64(54)45-21-19-20-42(32-45)58(6,7)8/h19-36,38H,37H2,1-18H3. The molecule has 0 aromatic heterocycles. The smallest absolute Gasteiger partial charge is 0.252 e. The fourth-order valence-electron chi connectivity index (χ4n) is 11.5. The van der Waals surface area contributed by atoms with E-state index in [9.17, 15) is 0 Å². The molecule has 0 atom stereocenters. The monoisotopic (exact) mass is 859 g/mol. The highest BCUT2D eigenvalue weighted by Crippen LogP contribution is 2.54. The molecular formula is C62H75BN2. The maximum absolute atomic E-state index is 2.70. The Morgan fingerprint density at radius 1 is 0.462 bits per heavy atom. The molecule has 0 unspecified atom stereocenters. The Hall–Kier alpha value is -5.02. The van der Waals surface area contributed by atoms with Crippen molar-refractivity contribution < 1.29 is 0 Å². The quantitative estimate of drug-likeness (QED) is 0.163. The van der Waals surface area contributed by atoms with E-state index < -0.39 is 0 Å². The van der Waals surface area contributed by atoms with E-state index >= 15 is 0 Å². The number of hydrogen-bond donors (Lipinski definition) is 0. The summed E-state index contributed by atoms with van der Waals surface area (Å²) in [7, 11) is 0. The zero-order valence-corrected chi connectivity index (χ0v) is 43.1. The van der Waals surface area contributed by atoms with Gasteiger partial charge in [-0.3, -0.25) is 0 Å². The van der Waals surface area contributed by atoms with Crippen LogP contribution in [0.4, 0.5) is 34.1 Å². The first kappa shape index (κ1) is 45.2. The zero-order chi connectivity index (χ0) is 47.1. The summed E-state index contributed by atoms with van der Waals surface area (Å²) in [6, 6.07) is 44.0. The van der Waals surface area contributed by atoms with Gasteiger partial charge in [-0.1, -0.05) is 185 Å². The molecule has 1 aliphatic carbocycles. The molecule has 2 nitrogen and oxygen atoms in total. The Morgan fingerprint density at radius 2 is 0.969 bits per heavy atom. The first-order valence-electron chi connectivity index (χ1n) is 24.5. The normalized spacial score (nSPS) is 16.4. The van der Waals surface area contributed by atoms with Crippen LogP contribution in [-0.4, -0.2) is 6.71 Å². The molecule has 65 heavy (non-hydrogen) atoms. The molecule has 0 saturated heterocycles. The van der Waals surface area contributed by atoms with Gasteiger partial charge in [0.2, 0.25) is 0 Å². The lowest BCUT2D eigenvalue weighted by Crippen LogP contribution is -2.61. The van der Waals surface area contributed by atoms with Gasteiger partial charge in [0, 0.05) is 34.0 Å². The molecule has 0 bridgehead atoms. The van der Waals surface area contributed by atoms with Crippen molar-refractivity contribution in [2.45, 2.75) is 169 Å². The predicted octanol–water partition coefficient (Wildman–Crippen LogP) is 15.7. The van der Waals surface area contributed by atoms with Crippen molar-refractivity contribution in [1.82, 2.24) is 0 Å². The third-order valence-electron chi connectivity index (χ3n) is 15.2. The van der Waals surface area contributed by atoms with Gasteiger partial charge in [-0.2, -0.15) is 0 Å². The molecule has 0 saturated carbocycles. The van der Waals surface area contributed by atoms with Gasteiger partial charge in [-0.25, -0.2) is 0 Å². The summed E-state index contributed by atoms with van der Waals surface area (Å²) < 4.78 is 0. The maximum atomic E-state index is 2.70. The number of fused-ring (bicyclic) bond motifs is 5. The fraction of sp³-hybridized carbons (Fsp3) is 0.419. The number of benzene rings is 6. The first-order chi connectivity index (χ1) is 30.1. The number of anilines is 6. The lowest BCUT2D eigenvalue weighted by molar-refractivity contribution is 0.403. The maximum Gasteiger partial charge on any atom is 0.252 e. The number of rotatable bonds is 4. The molecule has 2 heterocycles. The van der Waals surface area contributed by atoms with Gasteiger partial charge in [0.15, 0.2) is 0 Å². The third-order valence-corrected chi connectivity index (χ3v) is 15.2. The predicted molar refractivity (Wildman–Crippen MR) is 285 cm³/mol. The zero-order valence-electron chi connectivity index (χ0n) is 43.1. The third kappa shape index (κ3) is 7.58. The lowest BCUT2D eigenvalue weighted by atomic mass is 9.33. The van der Waals surface area contributed by atoms with Gasteiger partial charge in [0.25, 0.3) is 6.71 Å². The Morgan fingerprint density at radius 3 is 1.55 bits per heavy atom. The van der Waals surface area contributed by atoms with E-state index in [0.29, 0.717) is 5.92 Å². The average Bonchev–Trinajstić information content (AvgIpc) is 3.39. The fourth-order valence-corrected chi connectivity index (χ4v) is 11.5. The van der Waals surface area contributed by atoms with Crippen molar-refractivity contribution in [1.29, 1.82) is 0 Å². The molecule has 0 amide bonds. The van der Waals surface area contributed by atoms with E-state index in [-0.39, 0.29) is 39.2 Å². The number of nitrogens with zero attached hydrogens (tertiary/aromatic N) is 2. The van der Waals surface area contributed by atoms with Gasteiger partial charge >= 0.3 is 0 Å². The van der Waals surface area contributed by atoms with Crippen LogP contribution in [0.2, 0.25) is 0 Å². The van der Waals surface area contributed by atoms with E-state index in [2.05, 4.69) is 244 Å². The van der Waals surface area contributed by atoms with Crippen molar-refractivity contribution >= 4 is 57.2 Å². The van der Waals surface area contributed by atoms with E-state index in [4.69, 9.17) is 0 Å². The Bertz CT molecular complexity index is 2860. The van der Waals surface area contributed by atoms with E-state index in [1.807, 2.05) is 0 Å². The molecular weight excluding hydrogens is 784 g/mol. The molecule has 0 spiro atoms. The molecule has 3 aliphatic rings. The summed E-state index contributed by atoms with van der Waals surface area (Å²) in [5.41, 5.74) is 24.2. The van der Waals surface area contributed by atoms with Crippen LogP contribution in [0.25, 0.3) is 11.1 Å². The van der Waals surface area contributed by atoms with Crippen molar-refractivity contribution in [3.8, 4) is 11.1 Å². The summed E-state index contributed by atoms with van der Waals surface area (Å²) in [5.74, 6) is 0.316. The summed E-state index contributed by atoms with van der Waals surface area (Å²) in [4.78, 5) is 5.34. The molecule has 0 radical (unpaired) electrons. The molecule has 0 fully saturated rings. The minimum atomic E-state index is -0.0194. The topological polar surface area (TPSA) is 6.48 Å². The van der Waals surface area contributed by atoms with Crippen LogP contribution in [0.5, 0.6) is 0 Å². The molecule has 0 N–H and O–H groups in total. The Balaban J connectivity index is 1.44. The summed E-state index contributed by atoms with van der Waals surface area (Å²) in [6.45, 7) is 42.7. The Labute approximate surface area is 394 Å². The van der Waals surface area contributed by atoms with Gasteiger partial charge in [0.05, 0.1) is 5.69 Å². The molecule has 336 valence electrons. The molecule has 3 heteroatoms. The average molecular weight is 859 g/mol. The van der Waals surface area contributed by atoms with Crippen molar-refractivity contribution in [3.05, 3.63) is 148 Å². The van der Waals surface area contributed by atoms with Crippen LogP contribution in [-0.2, 0) is 32.5 Å². The van der Waals surface area contributed by atoms with Gasteiger partial charge in [-0.05, 0) is 154 Å². The molecule has 6 aromatic rings. The minimum Gasteiger partial charge on any atom is -0.311 e. The second-order valence-corrected chi connectivity index (χ2v) is 25.8. The largest absolute Gasteiger partial charge is 0.311 e. The van der Waals surface area contributed by atoms with Gasteiger partial charge < -0.3 is 9.80 Å². The summed E-state index contributed by atoms with van der Waals surface area (Å²) in [6.07, 6.45) is 1.12. The van der Waals surface area contributed by atoms with Gasteiger partial charge in [0.1, 0.15) is 0 Å². The van der Waals surface area contributed by atoms with E-state index in [0.717, 1.165) is 6.42 Å². The first-order valence-corrected chi connectivity index (χ1v) is 24.5. The lowest BCUT2D eigenvalue weighted by Gasteiger charge is -2.46. The minimum absolute atomic E-state index is 0.00102. The van der Waals surface area contributed by atoms with Crippen molar-refractivity contribution in [3.63, 3.8) is 0 Å². The van der Waals surface area contributed by atoms with E-state index in [1.54, 1.807) is 0 Å². The second-order valence-electron chi connectivity index (χ2n) is 25.8. The highest BCUT2D eigenvalue weighted by molar-refractivity contribution is 7.00. The van der Waals surface area contributed by atoms with Gasteiger partial charge in [-0.15, -0.1) is 0 Å². The van der Waals surface area contributed by atoms with Crippen LogP contribution in [0.1, 0.15) is 176 Å². The van der Waals surface area contributed by atoms with Crippen LogP contribution in [0, 0.1) is 0 Å². The highest BCUT2D eigenvalue weighted by atomic mass is 15.2. The SMILES string of the molecule is CC(C)c1cc2c3c(c1)N(c1ccc(C(C)(C)C)cc1-c1ccc(C(C)(C)C)cc1)c1cc4c(cc1B3c1ccc(C(C)(C)C)cc1N2c1cccc(C(C)(C)C)c1)C(C)(C)CC4(C)C. The van der Waals surface area contributed by atoms with Crippen molar-refractivity contribution in [2.75, 3.05) is 9.80 Å². The van der Waals surface area contributed by atoms with E-state index in [1.165, 1.54) is 101 Å². The van der Waals surface area contributed by atoms with Crippen molar-refractivity contribution in [2.24, 2.45) is 0 Å².